The normalized spacial score (nSPS) is 10.9. The lowest BCUT2D eigenvalue weighted by Gasteiger charge is -2.17. The van der Waals surface area contributed by atoms with E-state index in [9.17, 15) is 9.18 Å². The van der Waals surface area contributed by atoms with Crippen LogP contribution < -0.4 is 4.90 Å². The number of aryl methyl sites for hydroxylation is 1. The first-order valence-corrected chi connectivity index (χ1v) is 7.85. The van der Waals surface area contributed by atoms with Gasteiger partial charge in [-0.1, -0.05) is 29.5 Å². The van der Waals surface area contributed by atoms with Crippen molar-refractivity contribution in [3.8, 4) is 0 Å². The van der Waals surface area contributed by atoms with Crippen molar-refractivity contribution < 1.29 is 9.18 Å². The van der Waals surface area contributed by atoms with E-state index in [1.165, 1.54) is 23.5 Å². The molecule has 0 atom stereocenters. The average molecular weight is 314 g/mol. The number of para-hydroxylation sites is 1. The van der Waals surface area contributed by atoms with Gasteiger partial charge in [-0.05, 0) is 43.7 Å². The van der Waals surface area contributed by atoms with E-state index >= 15 is 0 Å². The maximum atomic E-state index is 13.3. The van der Waals surface area contributed by atoms with Crippen LogP contribution >= 0.6 is 11.3 Å². The van der Waals surface area contributed by atoms with Crippen LogP contribution in [0.15, 0.2) is 42.5 Å². The van der Waals surface area contributed by atoms with Gasteiger partial charge in [0.05, 0.1) is 10.2 Å². The third-order valence-corrected chi connectivity index (χ3v) is 4.52. The highest BCUT2D eigenvalue weighted by molar-refractivity contribution is 7.22. The van der Waals surface area contributed by atoms with Gasteiger partial charge in [-0.15, -0.1) is 0 Å². The summed E-state index contributed by atoms with van der Waals surface area (Å²) in [7, 11) is 0. The molecule has 1 aromatic heterocycles. The van der Waals surface area contributed by atoms with E-state index in [1.807, 2.05) is 32.0 Å². The number of halogens is 1. The molecule has 0 saturated heterocycles. The lowest BCUT2D eigenvalue weighted by molar-refractivity contribution is 0.0988. The Balaban J connectivity index is 2.02. The molecular weight excluding hydrogens is 299 g/mol. The molecule has 0 radical (unpaired) electrons. The van der Waals surface area contributed by atoms with Gasteiger partial charge < -0.3 is 0 Å². The van der Waals surface area contributed by atoms with Crippen LogP contribution in [0.5, 0.6) is 0 Å². The summed E-state index contributed by atoms with van der Waals surface area (Å²) in [5.74, 6) is -0.652. The number of anilines is 1. The topological polar surface area (TPSA) is 33.2 Å². The number of nitrogens with zero attached hydrogens (tertiary/aromatic N) is 2. The summed E-state index contributed by atoms with van der Waals surface area (Å²) < 4.78 is 14.4. The van der Waals surface area contributed by atoms with Crippen LogP contribution in [0, 0.1) is 12.7 Å². The smallest absolute Gasteiger partial charge is 0.260 e. The Hall–Kier alpha value is -2.27. The van der Waals surface area contributed by atoms with Crippen LogP contribution in [0.1, 0.15) is 22.8 Å². The number of carbonyl (C=O) groups is 1. The second-order valence-electron chi connectivity index (χ2n) is 4.98. The molecule has 0 spiro atoms. The van der Waals surface area contributed by atoms with E-state index in [-0.39, 0.29) is 5.91 Å². The second kappa shape index (κ2) is 5.85. The molecule has 22 heavy (non-hydrogen) atoms. The van der Waals surface area contributed by atoms with Crippen molar-refractivity contribution >= 4 is 32.6 Å². The summed E-state index contributed by atoms with van der Waals surface area (Å²) in [5.41, 5.74) is 2.32. The highest BCUT2D eigenvalue weighted by atomic mass is 32.1. The Bertz CT molecular complexity index is 844. The predicted molar refractivity (Wildman–Crippen MR) is 88.1 cm³/mol. The highest BCUT2D eigenvalue weighted by Gasteiger charge is 2.20. The lowest BCUT2D eigenvalue weighted by atomic mass is 10.2. The summed E-state index contributed by atoms with van der Waals surface area (Å²) >= 11 is 1.47. The van der Waals surface area contributed by atoms with Crippen molar-refractivity contribution in [3.63, 3.8) is 0 Å². The van der Waals surface area contributed by atoms with Crippen molar-refractivity contribution in [1.82, 2.24) is 4.98 Å². The summed E-state index contributed by atoms with van der Waals surface area (Å²) in [4.78, 5) is 18.8. The molecule has 112 valence electrons. The molecule has 0 saturated carbocycles. The van der Waals surface area contributed by atoms with Gasteiger partial charge in [-0.25, -0.2) is 9.37 Å². The van der Waals surface area contributed by atoms with E-state index in [4.69, 9.17) is 0 Å². The van der Waals surface area contributed by atoms with Gasteiger partial charge >= 0.3 is 0 Å². The summed E-state index contributed by atoms with van der Waals surface area (Å²) in [6.07, 6.45) is 0. The fourth-order valence-corrected chi connectivity index (χ4v) is 3.44. The third kappa shape index (κ3) is 2.60. The van der Waals surface area contributed by atoms with Crippen molar-refractivity contribution in [3.05, 3.63) is 59.4 Å². The molecule has 5 heteroatoms. The van der Waals surface area contributed by atoms with Gasteiger partial charge in [-0.3, -0.25) is 9.69 Å². The molecule has 3 aromatic rings. The van der Waals surface area contributed by atoms with Crippen LogP contribution in [0.3, 0.4) is 0 Å². The summed E-state index contributed by atoms with van der Waals surface area (Å²) in [6, 6.07) is 11.7. The maximum Gasteiger partial charge on any atom is 0.260 e. The minimum atomic E-state index is -0.415. The van der Waals surface area contributed by atoms with Crippen molar-refractivity contribution in [2.45, 2.75) is 13.8 Å². The molecular formula is C17H15FN2OS. The first-order valence-electron chi connectivity index (χ1n) is 7.03. The molecule has 3 nitrogen and oxygen atoms in total. The minimum Gasteiger partial charge on any atom is -0.284 e. The van der Waals surface area contributed by atoms with Crippen LogP contribution in [0.2, 0.25) is 0 Å². The molecule has 2 aromatic carbocycles. The number of hydrogen-bond donors (Lipinski definition) is 0. The van der Waals surface area contributed by atoms with Gasteiger partial charge in [0.1, 0.15) is 5.82 Å². The maximum absolute atomic E-state index is 13.3. The van der Waals surface area contributed by atoms with E-state index in [0.29, 0.717) is 17.2 Å². The molecule has 3 rings (SSSR count). The van der Waals surface area contributed by atoms with Gasteiger partial charge in [0.25, 0.3) is 5.91 Å². The SMILES string of the molecule is CCN(C(=O)c1cccc(F)c1)c1nc2c(C)cccc2s1. The molecule has 0 aliphatic heterocycles. The number of fused-ring (bicyclic) bond motifs is 1. The van der Waals surface area contributed by atoms with E-state index in [2.05, 4.69) is 4.98 Å². The number of hydrogen-bond acceptors (Lipinski definition) is 3. The Morgan fingerprint density at radius 1 is 1.27 bits per heavy atom. The molecule has 1 heterocycles. The Morgan fingerprint density at radius 2 is 2.05 bits per heavy atom. The molecule has 0 aliphatic carbocycles. The number of rotatable bonds is 3. The standard InChI is InChI=1S/C17H15FN2OS/c1-3-20(16(21)12-7-5-8-13(18)10-12)17-19-15-11(2)6-4-9-14(15)22-17/h4-10H,3H2,1-2H3. The first-order chi connectivity index (χ1) is 10.6. The highest BCUT2D eigenvalue weighted by Crippen LogP contribution is 2.31. The largest absolute Gasteiger partial charge is 0.284 e. The zero-order valence-electron chi connectivity index (χ0n) is 12.3. The van der Waals surface area contributed by atoms with Crippen LogP contribution in [-0.4, -0.2) is 17.4 Å². The van der Waals surface area contributed by atoms with Gasteiger partial charge in [0.2, 0.25) is 0 Å². The van der Waals surface area contributed by atoms with Crippen LogP contribution in [-0.2, 0) is 0 Å². The third-order valence-electron chi connectivity index (χ3n) is 3.47. The zero-order valence-corrected chi connectivity index (χ0v) is 13.2. The Kier molecular flexibility index (Phi) is 3.90. The van der Waals surface area contributed by atoms with E-state index < -0.39 is 5.82 Å². The predicted octanol–water partition coefficient (Wildman–Crippen LogP) is 4.41. The molecule has 0 bridgehead atoms. The second-order valence-corrected chi connectivity index (χ2v) is 5.99. The van der Waals surface area contributed by atoms with Crippen LogP contribution in [0.4, 0.5) is 9.52 Å². The Labute approximate surface area is 132 Å². The Morgan fingerprint density at radius 3 is 2.73 bits per heavy atom. The van der Waals surface area contributed by atoms with Gasteiger partial charge in [-0.2, -0.15) is 0 Å². The lowest BCUT2D eigenvalue weighted by Crippen LogP contribution is -2.30. The monoisotopic (exact) mass is 314 g/mol. The van der Waals surface area contributed by atoms with E-state index in [0.717, 1.165) is 15.8 Å². The van der Waals surface area contributed by atoms with Gasteiger partial charge in [0.15, 0.2) is 5.13 Å². The molecule has 1 amide bonds. The van der Waals surface area contributed by atoms with Gasteiger partial charge in [0, 0.05) is 12.1 Å². The molecule has 0 N–H and O–H groups in total. The molecule has 0 fully saturated rings. The van der Waals surface area contributed by atoms with Crippen molar-refractivity contribution in [2.24, 2.45) is 0 Å². The molecule has 0 aliphatic rings. The molecule has 0 unspecified atom stereocenters. The quantitative estimate of drug-likeness (QED) is 0.717. The first kappa shape index (κ1) is 14.7. The fourth-order valence-electron chi connectivity index (χ4n) is 2.33. The van der Waals surface area contributed by atoms with Crippen LogP contribution in [0.25, 0.3) is 10.2 Å². The minimum absolute atomic E-state index is 0.237. The summed E-state index contributed by atoms with van der Waals surface area (Å²) in [5, 5.41) is 0.640. The average Bonchev–Trinajstić information content (AvgIpc) is 2.93. The zero-order chi connectivity index (χ0) is 15.7. The number of aromatic nitrogens is 1. The van der Waals surface area contributed by atoms with Crippen molar-refractivity contribution in [1.29, 1.82) is 0 Å². The van der Waals surface area contributed by atoms with E-state index in [1.54, 1.807) is 17.0 Å². The number of carbonyl (C=O) groups excluding carboxylic acids is 1. The number of benzene rings is 2. The fraction of sp³-hybridized carbons (Fsp3) is 0.176. The summed E-state index contributed by atoms with van der Waals surface area (Å²) in [6.45, 7) is 4.36. The number of thiazole rings is 1. The number of amides is 1. The van der Waals surface area contributed by atoms with Crippen molar-refractivity contribution in [2.75, 3.05) is 11.4 Å².